The molecule has 0 aromatic heterocycles. The van der Waals surface area contributed by atoms with E-state index in [0.29, 0.717) is 27.4 Å². The molecule has 1 atom stereocenters. The van der Waals surface area contributed by atoms with Gasteiger partial charge in [0.1, 0.15) is 5.75 Å². The first kappa shape index (κ1) is 20.3. The molecule has 0 fully saturated rings. The third kappa shape index (κ3) is 5.47. The van der Waals surface area contributed by atoms with E-state index in [1.165, 1.54) is 4.90 Å². The Morgan fingerprint density at radius 2 is 1.85 bits per heavy atom. The van der Waals surface area contributed by atoms with E-state index in [-0.39, 0.29) is 11.8 Å². The second kappa shape index (κ2) is 9.05. The van der Waals surface area contributed by atoms with Crippen LogP contribution in [0.25, 0.3) is 0 Å². The van der Waals surface area contributed by atoms with Crippen LogP contribution in [0.4, 0.5) is 0 Å². The van der Waals surface area contributed by atoms with Gasteiger partial charge in [-0.05, 0) is 58.7 Å². The minimum Gasteiger partial charge on any atom is -0.480 e. The number of halogens is 2. The summed E-state index contributed by atoms with van der Waals surface area (Å²) in [6, 6.07) is 12.2. The van der Waals surface area contributed by atoms with Gasteiger partial charge in [0.25, 0.3) is 11.8 Å². The molecule has 2 aromatic rings. The molecule has 2 amide bonds. The number of ether oxygens (including phenoxy) is 1. The number of nitrogens with one attached hydrogen (secondary N) is 1. The summed E-state index contributed by atoms with van der Waals surface area (Å²) < 4.78 is 6.35. The van der Waals surface area contributed by atoms with Gasteiger partial charge in [0.15, 0.2) is 6.10 Å². The maximum absolute atomic E-state index is 12.2. The Morgan fingerprint density at radius 1 is 1.19 bits per heavy atom. The SMILES string of the molecule is CC(Oc1ccc(Cl)cc1Br)C(=O)NCc1ccc(C(=O)N(C)C)cc1. The molecule has 0 saturated heterocycles. The van der Waals surface area contributed by atoms with E-state index in [1.54, 1.807) is 51.4 Å². The monoisotopic (exact) mass is 438 g/mol. The summed E-state index contributed by atoms with van der Waals surface area (Å²) in [4.78, 5) is 25.6. The number of amides is 2. The highest BCUT2D eigenvalue weighted by atomic mass is 79.9. The molecule has 0 spiro atoms. The Bertz CT molecular complexity index is 794. The molecule has 0 bridgehead atoms. The number of carbonyl (C=O) groups is 2. The van der Waals surface area contributed by atoms with Gasteiger partial charge in [-0.2, -0.15) is 0 Å². The molecule has 5 nitrogen and oxygen atoms in total. The fraction of sp³-hybridized carbons (Fsp3) is 0.263. The smallest absolute Gasteiger partial charge is 0.261 e. The van der Waals surface area contributed by atoms with Gasteiger partial charge < -0.3 is 15.0 Å². The van der Waals surface area contributed by atoms with Crippen molar-refractivity contribution in [2.24, 2.45) is 0 Å². The largest absolute Gasteiger partial charge is 0.480 e. The summed E-state index contributed by atoms with van der Waals surface area (Å²) in [7, 11) is 3.41. The predicted octanol–water partition coefficient (Wildman–Crippen LogP) is 3.89. The van der Waals surface area contributed by atoms with Crippen LogP contribution in [-0.2, 0) is 11.3 Å². The molecule has 138 valence electrons. The Morgan fingerprint density at radius 3 is 2.42 bits per heavy atom. The molecule has 2 aromatic carbocycles. The average Bonchev–Trinajstić information content (AvgIpc) is 2.61. The highest BCUT2D eigenvalue weighted by Gasteiger charge is 2.16. The van der Waals surface area contributed by atoms with E-state index in [0.717, 1.165) is 5.56 Å². The topological polar surface area (TPSA) is 58.6 Å². The van der Waals surface area contributed by atoms with Gasteiger partial charge in [-0.15, -0.1) is 0 Å². The third-order valence-corrected chi connectivity index (χ3v) is 4.50. The Labute approximate surface area is 166 Å². The molecule has 0 radical (unpaired) electrons. The summed E-state index contributed by atoms with van der Waals surface area (Å²) in [5, 5.41) is 3.40. The van der Waals surface area contributed by atoms with Crippen molar-refractivity contribution in [3.05, 3.63) is 63.1 Å². The fourth-order valence-electron chi connectivity index (χ4n) is 2.17. The minimum atomic E-state index is -0.665. The lowest BCUT2D eigenvalue weighted by Gasteiger charge is -2.16. The average molecular weight is 440 g/mol. The van der Waals surface area contributed by atoms with Crippen LogP contribution in [0, 0.1) is 0 Å². The van der Waals surface area contributed by atoms with E-state index in [2.05, 4.69) is 21.2 Å². The summed E-state index contributed by atoms with van der Waals surface area (Å²) in [6.45, 7) is 2.03. The Kier molecular flexibility index (Phi) is 7.06. The summed E-state index contributed by atoms with van der Waals surface area (Å²) in [5.74, 6) is 0.250. The zero-order chi connectivity index (χ0) is 19.3. The Balaban J connectivity index is 1.90. The van der Waals surface area contributed by atoms with Crippen LogP contribution >= 0.6 is 27.5 Å². The highest BCUT2D eigenvalue weighted by Crippen LogP contribution is 2.28. The van der Waals surface area contributed by atoms with Crippen LogP contribution in [0.5, 0.6) is 5.75 Å². The van der Waals surface area contributed by atoms with Crippen molar-refractivity contribution in [3.8, 4) is 5.75 Å². The van der Waals surface area contributed by atoms with E-state index in [9.17, 15) is 9.59 Å². The fourth-order valence-corrected chi connectivity index (χ4v) is 2.95. The standard InChI is InChI=1S/C19H20BrClN2O3/c1-12(26-17-9-8-15(21)10-16(17)20)18(24)22-11-13-4-6-14(7-5-13)19(25)23(2)3/h4-10,12H,11H2,1-3H3,(H,22,24). The first-order valence-electron chi connectivity index (χ1n) is 7.98. The first-order valence-corrected chi connectivity index (χ1v) is 9.15. The molecule has 0 aliphatic carbocycles. The molecule has 0 aliphatic heterocycles. The van der Waals surface area contributed by atoms with Crippen molar-refractivity contribution < 1.29 is 14.3 Å². The second-order valence-electron chi connectivity index (χ2n) is 5.95. The maximum Gasteiger partial charge on any atom is 0.261 e. The Hall–Kier alpha value is -2.05. The number of hydrogen-bond donors (Lipinski definition) is 1. The summed E-state index contributed by atoms with van der Waals surface area (Å²) in [6.07, 6.45) is -0.665. The first-order chi connectivity index (χ1) is 12.3. The van der Waals surface area contributed by atoms with Crippen molar-refractivity contribution in [2.75, 3.05) is 14.1 Å². The molecule has 1 N–H and O–H groups in total. The van der Waals surface area contributed by atoms with Gasteiger partial charge in [0.2, 0.25) is 0 Å². The lowest BCUT2D eigenvalue weighted by atomic mass is 10.1. The van der Waals surface area contributed by atoms with Gasteiger partial charge in [0, 0.05) is 31.2 Å². The molecule has 7 heteroatoms. The van der Waals surface area contributed by atoms with Crippen molar-refractivity contribution in [2.45, 2.75) is 19.6 Å². The zero-order valence-corrected chi connectivity index (χ0v) is 17.1. The van der Waals surface area contributed by atoms with Crippen LogP contribution in [0.1, 0.15) is 22.8 Å². The van der Waals surface area contributed by atoms with Crippen LogP contribution < -0.4 is 10.1 Å². The van der Waals surface area contributed by atoms with Crippen LogP contribution in [0.3, 0.4) is 0 Å². The molecular formula is C19H20BrClN2O3. The second-order valence-corrected chi connectivity index (χ2v) is 7.24. The van der Waals surface area contributed by atoms with Crippen molar-refractivity contribution in [1.82, 2.24) is 10.2 Å². The number of carbonyl (C=O) groups excluding carboxylic acids is 2. The number of benzene rings is 2. The van der Waals surface area contributed by atoms with Crippen LogP contribution in [0.15, 0.2) is 46.9 Å². The third-order valence-electron chi connectivity index (χ3n) is 3.64. The zero-order valence-electron chi connectivity index (χ0n) is 14.8. The lowest BCUT2D eigenvalue weighted by molar-refractivity contribution is -0.127. The minimum absolute atomic E-state index is 0.0591. The summed E-state index contributed by atoms with van der Waals surface area (Å²) >= 11 is 9.25. The van der Waals surface area contributed by atoms with Gasteiger partial charge in [-0.3, -0.25) is 9.59 Å². The quantitative estimate of drug-likeness (QED) is 0.743. The number of nitrogens with zero attached hydrogens (tertiary/aromatic N) is 1. The molecule has 0 aliphatic rings. The van der Waals surface area contributed by atoms with Crippen molar-refractivity contribution in [3.63, 3.8) is 0 Å². The molecule has 26 heavy (non-hydrogen) atoms. The summed E-state index contributed by atoms with van der Waals surface area (Å²) in [5.41, 5.74) is 1.50. The van der Waals surface area contributed by atoms with E-state index >= 15 is 0 Å². The lowest BCUT2D eigenvalue weighted by Crippen LogP contribution is -2.36. The highest BCUT2D eigenvalue weighted by molar-refractivity contribution is 9.10. The molecule has 1 unspecified atom stereocenters. The van der Waals surface area contributed by atoms with Crippen LogP contribution in [-0.4, -0.2) is 36.9 Å². The number of hydrogen-bond acceptors (Lipinski definition) is 3. The van der Waals surface area contributed by atoms with E-state index < -0.39 is 6.10 Å². The van der Waals surface area contributed by atoms with E-state index in [1.807, 2.05) is 12.1 Å². The van der Waals surface area contributed by atoms with Gasteiger partial charge in [-0.1, -0.05) is 23.7 Å². The number of rotatable bonds is 6. The van der Waals surface area contributed by atoms with Crippen molar-refractivity contribution >= 4 is 39.3 Å². The normalized spacial score (nSPS) is 11.6. The van der Waals surface area contributed by atoms with Crippen LogP contribution in [0.2, 0.25) is 5.02 Å². The molecule has 0 heterocycles. The van der Waals surface area contributed by atoms with Gasteiger partial charge in [0.05, 0.1) is 4.47 Å². The van der Waals surface area contributed by atoms with Gasteiger partial charge in [-0.25, -0.2) is 0 Å². The molecule has 0 saturated carbocycles. The maximum atomic E-state index is 12.2. The molecule has 2 rings (SSSR count). The van der Waals surface area contributed by atoms with Crippen molar-refractivity contribution in [1.29, 1.82) is 0 Å². The van der Waals surface area contributed by atoms with Gasteiger partial charge >= 0.3 is 0 Å². The van der Waals surface area contributed by atoms with E-state index in [4.69, 9.17) is 16.3 Å². The predicted molar refractivity (Wildman–Crippen MR) is 106 cm³/mol. The molecular weight excluding hydrogens is 420 g/mol.